The lowest BCUT2D eigenvalue weighted by atomic mass is 10.0. The van der Waals surface area contributed by atoms with Crippen LogP contribution in [0.5, 0.6) is 0 Å². The van der Waals surface area contributed by atoms with Crippen molar-refractivity contribution < 1.29 is 14.7 Å². The van der Waals surface area contributed by atoms with Crippen molar-refractivity contribution >= 4 is 17.4 Å². The first kappa shape index (κ1) is 8.74. The Morgan fingerprint density at radius 3 is 2.71 bits per heavy atom. The van der Waals surface area contributed by atoms with Crippen LogP contribution in [0, 0.1) is 0 Å². The lowest BCUT2D eigenvalue weighted by molar-refractivity contribution is 0.0697. The number of ketones is 1. The molecule has 4 nitrogen and oxygen atoms in total. The van der Waals surface area contributed by atoms with Gasteiger partial charge < -0.3 is 10.8 Å². The largest absolute Gasteiger partial charge is 0.478 e. The van der Waals surface area contributed by atoms with Crippen LogP contribution in [0.1, 0.15) is 32.7 Å². The van der Waals surface area contributed by atoms with Gasteiger partial charge in [-0.25, -0.2) is 4.79 Å². The third-order valence-corrected chi connectivity index (χ3v) is 2.46. The highest BCUT2D eigenvalue weighted by atomic mass is 16.4. The van der Waals surface area contributed by atoms with Crippen LogP contribution in [0.3, 0.4) is 0 Å². The van der Waals surface area contributed by atoms with E-state index in [2.05, 4.69) is 0 Å². The van der Waals surface area contributed by atoms with Gasteiger partial charge in [0.05, 0.1) is 5.56 Å². The van der Waals surface area contributed by atoms with Gasteiger partial charge in [-0.2, -0.15) is 0 Å². The van der Waals surface area contributed by atoms with Crippen molar-refractivity contribution in [3.05, 3.63) is 28.8 Å². The second-order valence-corrected chi connectivity index (χ2v) is 3.28. The molecule has 0 fully saturated rings. The number of carbonyl (C=O) groups is 2. The summed E-state index contributed by atoms with van der Waals surface area (Å²) in [5.41, 5.74) is 6.96. The van der Waals surface area contributed by atoms with Crippen LogP contribution in [0.25, 0.3) is 0 Å². The van der Waals surface area contributed by atoms with E-state index in [0.717, 1.165) is 0 Å². The number of hydrogen-bond acceptors (Lipinski definition) is 3. The predicted molar refractivity (Wildman–Crippen MR) is 50.5 cm³/mol. The lowest BCUT2D eigenvalue weighted by Crippen LogP contribution is -2.07. The monoisotopic (exact) mass is 191 g/mol. The second kappa shape index (κ2) is 2.83. The molecule has 0 aliphatic heterocycles. The van der Waals surface area contributed by atoms with Crippen LogP contribution in [0.15, 0.2) is 12.1 Å². The summed E-state index contributed by atoms with van der Waals surface area (Å²) < 4.78 is 0. The average molecular weight is 191 g/mol. The van der Waals surface area contributed by atoms with Gasteiger partial charge in [-0.3, -0.25) is 4.79 Å². The molecule has 4 heteroatoms. The normalized spacial score (nSPS) is 14.1. The number of carbonyl (C=O) groups excluding carboxylic acids is 1. The maximum absolute atomic E-state index is 11.3. The molecule has 14 heavy (non-hydrogen) atoms. The van der Waals surface area contributed by atoms with Crippen LogP contribution in [-0.4, -0.2) is 16.9 Å². The molecule has 1 aliphatic rings. The van der Waals surface area contributed by atoms with Crippen LogP contribution in [-0.2, 0) is 6.42 Å². The smallest absolute Gasteiger partial charge is 0.338 e. The van der Waals surface area contributed by atoms with Crippen molar-refractivity contribution in [2.45, 2.75) is 12.8 Å². The van der Waals surface area contributed by atoms with Gasteiger partial charge in [-0.05, 0) is 24.1 Å². The minimum atomic E-state index is -1.06. The molecule has 1 aliphatic carbocycles. The summed E-state index contributed by atoms with van der Waals surface area (Å²) in [5, 5.41) is 8.92. The van der Waals surface area contributed by atoms with E-state index in [1.54, 1.807) is 6.07 Å². The number of fused-ring (bicyclic) bond motifs is 1. The molecule has 0 unspecified atom stereocenters. The first-order chi connectivity index (χ1) is 6.61. The summed E-state index contributed by atoms with van der Waals surface area (Å²) in [6.07, 6.45) is 0.875. The van der Waals surface area contributed by atoms with Crippen molar-refractivity contribution in [3.8, 4) is 0 Å². The van der Waals surface area contributed by atoms with E-state index < -0.39 is 5.97 Å². The van der Waals surface area contributed by atoms with Crippen molar-refractivity contribution in [1.82, 2.24) is 0 Å². The molecule has 2 rings (SSSR count). The fourth-order valence-electron chi connectivity index (χ4n) is 1.81. The van der Waals surface area contributed by atoms with Gasteiger partial charge in [-0.1, -0.05) is 0 Å². The van der Waals surface area contributed by atoms with E-state index in [4.69, 9.17) is 10.8 Å². The standard InChI is InChI=1S/C10H9NO3/c11-7-3-1-5-6(2-4-8(5)12)9(7)10(13)14/h1,3H,2,4,11H2,(H,13,14). The third kappa shape index (κ3) is 1.08. The zero-order valence-electron chi connectivity index (χ0n) is 7.41. The van der Waals surface area contributed by atoms with Crippen molar-refractivity contribution in [1.29, 1.82) is 0 Å². The van der Waals surface area contributed by atoms with Crippen LogP contribution in [0.4, 0.5) is 5.69 Å². The van der Waals surface area contributed by atoms with E-state index in [1.807, 2.05) is 0 Å². The predicted octanol–water partition coefficient (Wildman–Crippen LogP) is 1.10. The molecule has 1 aromatic carbocycles. The number of nitrogens with two attached hydrogens (primary N) is 1. The van der Waals surface area contributed by atoms with E-state index >= 15 is 0 Å². The number of carboxylic acids is 1. The zero-order chi connectivity index (χ0) is 10.3. The maximum Gasteiger partial charge on any atom is 0.338 e. The maximum atomic E-state index is 11.3. The molecule has 0 radical (unpaired) electrons. The van der Waals surface area contributed by atoms with Crippen LogP contribution < -0.4 is 5.73 Å². The minimum Gasteiger partial charge on any atom is -0.478 e. The molecule has 0 saturated carbocycles. The highest BCUT2D eigenvalue weighted by molar-refractivity contribution is 6.06. The summed E-state index contributed by atoms with van der Waals surface area (Å²) in [6, 6.07) is 3.08. The van der Waals surface area contributed by atoms with Gasteiger partial charge >= 0.3 is 5.97 Å². The number of aromatic carboxylic acids is 1. The molecule has 0 amide bonds. The van der Waals surface area contributed by atoms with Crippen molar-refractivity contribution in [2.75, 3.05) is 5.73 Å². The van der Waals surface area contributed by atoms with Gasteiger partial charge in [0.2, 0.25) is 0 Å². The Balaban J connectivity index is 2.71. The molecular formula is C10H9NO3. The Hall–Kier alpha value is -1.84. The quantitative estimate of drug-likeness (QED) is 0.651. The summed E-state index contributed by atoms with van der Waals surface area (Å²) in [4.78, 5) is 22.2. The molecule has 0 spiro atoms. The molecule has 0 atom stereocenters. The summed E-state index contributed by atoms with van der Waals surface area (Å²) in [6.45, 7) is 0. The number of nitrogen functional groups attached to an aromatic ring is 1. The summed E-state index contributed by atoms with van der Waals surface area (Å²) >= 11 is 0. The minimum absolute atomic E-state index is 0.00231. The molecule has 0 aromatic heterocycles. The first-order valence-corrected chi connectivity index (χ1v) is 4.29. The zero-order valence-corrected chi connectivity index (χ0v) is 7.41. The average Bonchev–Trinajstić information content (AvgIpc) is 2.47. The van der Waals surface area contributed by atoms with Crippen LogP contribution >= 0.6 is 0 Å². The Labute approximate surface area is 80.3 Å². The first-order valence-electron chi connectivity index (χ1n) is 4.29. The van der Waals surface area contributed by atoms with E-state index in [1.165, 1.54) is 6.07 Å². The lowest BCUT2D eigenvalue weighted by Gasteiger charge is -2.05. The van der Waals surface area contributed by atoms with Crippen LogP contribution in [0.2, 0.25) is 0 Å². The second-order valence-electron chi connectivity index (χ2n) is 3.28. The number of rotatable bonds is 1. The van der Waals surface area contributed by atoms with E-state index in [9.17, 15) is 9.59 Å². The van der Waals surface area contributed by atoms with Gasteiger partial charge in [0.1, 0.15) is 0 Å². The third-order valence-electron chi connectivity index (χ3n) is 2.46. The molecule has 3 N–H and O–H groups in total. The molecular weight excluding hydrogens is 182 g/mol. The summed E-state index contributed by atoms with van der Waals surface area (Å²) in [7, 11) is 0. The van der Waals surface area contributed by atoms with Gasteiger partial charge in [-0.15, -0.1) is 0 Å². The fraction of sp³-hybridized carbons (Fsp3) is 0.200. The number of hydrogen-bond donors (Lipinski definition) is 2. The highest BCUT2D eigenvalue weighted by Crippen LogP contribution is 2.29. The number of anilines is 1. The van der Waals surface area contributed by atoms with Gasteiger partial charge in [0.15, 0.2) is 5.78 Å². The van der Waals surface area contributed by atoms with E-state index in [0.29, 0.717) is 24.0 Å². The number of carboxylic acid groups (broad SMARTS) is 1. The van der Waals surface area contributed by atoms with Crippen molar-refractivity contribution in [3.63, 3.8) is 0 Å². The molecule has 1 aromatic rings. The van der Waals surface area contributed by atoms with Gasteiger partial charge in [0.25, 0.3) is 0 Å². The summed E-state index contributed by atoms with van der Waals surface area (Å²) in [5.74, 6) is -1.06. The highest BCUT2D eigenvalue weighted by Gasteiger charge is 2.26. The Kier molecular flexibility index (Phi) is 1.77. The van der Waals surface area contributed by atoms with E-state index in [-0.39, 0.29) is 17.0 Å². The molecule has 0 bridgehead atoms. The van der Waals surface area contributed by atoms with Gasteiger partial charge in [0, 0.05) is 17.7 Å². The number of benzene rings is 1. The fourth-order valence-corrected chi connectivity index (χ4v) is 1.81. The topological polar surface area (TPSA) is 80.4 Å². The molecule has 0 saturated heterocycles. The molecule has 72 valence electrons. The SMILES string of the molecule is Nc1ccc2c(c1C(=O)O)CCC2=O. The Morgan fingerprint density at radius 1 is 1.36 bits per heavy atom. The number of Topliss-reactive ketones (excluding diaryl/α,β-unsaturated/α-hetero) is 1. The Morgan fingerprint density at radius 2 is 2.07 bits per heavy atom. The molecule has 0 heterocycles. The Bertz CT molecular complexity index is 437. The van der Waals surface area contributed by atoms with Crippen molar-refractivity contribution in [2.24, 2.45) is 0 Å².